The van der Waals surface area contributed by atoms with Crippen molar-refractivity contribution in [2.24, 2.45) is 0 Å². The Labute approximate surface area is 83.0 Å². The molecule has 0 fully saturated rings. The number of pyridine rings is 1. The number of hydrogen-bond acceptors (Lipinski definition) is 3. The summed E-state index contributed by atoms with van der Waals surface area (Å²) in [6.07, 6.45) is 1.78. The molecule has 0 aliphatic heterocycles. The van der Waals surface area contributed by atoms with Gasteiger partial charge >= 0.3 is 0 Å². The molecule has 0 saturated heterocycles. The Morgan fingerprint density at radius 1 is 1.50 bits per heavy atom. The summed E-state index contributed by atoms with van der Waals surface area (Å²) in [7, 11) is 0. The van der Waals surface area contributed by atoms with E-state index in [4.69, 9.17) is 0 Å². The van der Waals surface area contributed by atoms with E-state index in [0.29, 0.717) is 18.8 Å². The summed E-state index contributed by atoms with van der Waals surface area (Å²) in [6.45, 7) is 4.10. The predicted octanol–water partition coefficient (Wildman–Crippen LogP) is 1.79. The molecule has 2 N–H and O–H groups in total. The van der Waals surface area contributed by atoms with Crippen molar-refractivity contribution in [1.29, 1.82) is 0 Å². The first-order valence-electron chi connectivity index (χ1n) is 4.55. The molecule has 1 heterocycles. The summed E-state index contributed by atoms with van der Waals surface area (Å²) in [6, 6.07) is 2.92. The van der Waals surface area contributed by atoms with Gasteiger partial charge in [0.05, 0.1) is 11.8 Å². The second kappa shape index (κ2) is 4.37. The van der Waals surface area contributed by atoms with Crippen molar-refractivity contribution in [2.45, 2.75) is 25.9 Å². The van der Waals surface area contributed by atoms with Crippen LogP contribution in [0.1, 0.15) is 20.3 Å². The van der Waals surface area contributed by atoms with Crippen molar-refractivity contribution in [3.05, 3.63) is 24.1 Å². The molecule has 0 saturated carbocycles. The van der Waals surface area contributed by atoms with Gasteiger partial charge in [-0.05, 0) is 32.4 Å². The maximum absolute atomic E-state index is 12.5. The third-order valence-corrected chi connectivity index (χ3v) is 1.77. The Bertz CT molecular complexity index is 279. The fraction of sp³-hybridized carbons (Fsp3) is 0.500. The third-order valence-electron chi connectivity index (χ3n) is 1.77. The fourth-order valence-electron chi connectivity index (χ4n) is 0.977. The second-order valence-electron chi connectivity index (χ2n) is 3.85. The average molecular weight is 198 g/mol. The van der Waals surface area contributed by atoms with Crippen LogP contribution in [0.4, 0.5) is 10.2 Å². The van der Waals surface area contributed by atoms with E-state index in [1.165, 1.54) is 6.07 Å². The number of aromatic nitrogens is 1. The molecule has 1 rings (SSSR count). The maximum Gasteiger partial charge on any atom is 0.141 e. The number of anilines is 1. The lowest BCUT2D eigenvalue weighted by Gasteiger charge is -2.17. The SMILES string of the molecule is CC(C)(O)CCNc1ccc(F)cn1. The Morgan fingerprint density at radius 3 is 2.71 bits per heavy atom. The second-order valence-corrected chi connectivity index (χ2v) is 3.85. The summed E-state index contributed by atoms with van der Waals surface area (Å²) in [4.78, 5) is 3.83. The van der Waals surface area contributed by atoms with Gasteiger partial charge in [0.1, 0.15) is 11.6 Å². The van der Waals surface area contributed by atoms with Crippen molar-refractivity contribution < 1.29 is 9.50 Å². The van der Waals surface area contributed by atoms with E-state index in [2.05, 4.69) is 10.3 Å². The van der Waals surface area contributed by atoms with E-state index in [-0.39, 0.29) is 5.82 Å². The van der Waals surface area contributed by atoms with E-state index in [9.17, 15) is 9.50 Å². The molecule has 78 valence electrons. The summed E-state index contributed by atoms with van der Waals surface area (Å²) in [5.74, 6) is 0.272. The van der Waals surface area contributed by atoms with Crippen LogP contribution in [0.2, 0.25) is 0 Å². The molecule has 14 heavy (non-hydrogen) atoms. The lowest BCUT2D eigenvalue weighted by Crippen LogP contribution is -2.22. The van der Waals surface area contributed by atoms with Crippen molar-refractivity contribution in [2.75, 3.05) is 11.9 Å². The molecule has 0 aromatic carbocycles. The number of nitrogens with zero attached hydrogens (tertiary/aromatic N) is 1. The molecular weight excluding hydrogens is 183 g/mol. The van der Waals surface area contributed by atoms with Gasteiger partial charge in [-0.2, -0.15) is 0 Å². The highest BCUT2D eigenvalue weighted by atomic mass is 19.1. The summed E-state index contributed by atoms with van der Waals surface area (Å²) in [5, 5.41) is 12.4. The van der Waals surface area contributed by atoms with Crippen LogP contribution in [0, 0.1) is 5.82 Å². The number of aliphatic hydroxyl groups is 1. The van der Waals surface area contributed by atoms with Gasteiger partial charge in [-0.3, -0.25) is 0 Å². The van der Waals surface area contributed by atoms with Crippen LogP contribution in [0.3, 0.4) is 0 Å². The molecule has 0 aliphatic carbocycles. The zero-order valence-electron chi connectivity index (χ0n) is 8.42. The molecule has 0 atom stereocenters. The zero-order chi connectivity index (χ0) is 10.6. The summed E-state index contributed by atoms with van der Waals surface area (Å²) < 4.78 is 12.5. The fourth-order valence-corrected chi connectivity index (χ4v) is 0.977. The highest BCUT2D eigenvalue weighted by molar-refractivity contribution is 5.33. The highest BCUT2D eigenvalue weighted by Crippen LogP contribution is 2.08. The van der Waals surface area contributed by atoms with Crippen molar-refractivity contribution in [1.82, 2.24) is 4.98 Å². The highest BCUT2D eigenvalue weighted by Gasteiger charge is 2.11. The molecule has 0 amide bonds. The van der Waals surface area contributed by atoms with Gasteiger partial charge in [0, 0.05) is 6.54 Å². The normalized spacial score (nSPS) is 11.4. The number of rotatable bonds is 4. The molecule has 3 nitrogen and oxygen atoms in total. The van der Waals surface area contributed by atoms with Crippen LogP contribution in [0.15, 0.2) is 18.3 Å². The van der Waals surface area contributed by atoms with Crippen molar-refractivity contribution in [3.8, 4) is 0 Å². The van der Waals surface area contributed by atoms with Gasteiger partial charge in [0.2, 0.25) is 0 Å². The third kappa shape index (κ3) is 4.18. The van der Waals surface area contributed by atoms with Crippen LogP contribution in [-0.2, 0) is 0 Å². The zero-order valence-corrected chi connectivity index (χ0v) is 8.42. The minimum absolute atomic E-state index is 0.349. The topological polar surface area (TPSA) is 45.1 Å². The van der Waals surface area contributed by atoms with Crippen LogP contribution in [-0.4, -0.2) is 22.2 Å². The monoisotopic (exact) mass is 198 g/mol. The van der Waals surface area contributed by atoms with E-state index in [1.54, 1.807) is 19.9 Å². The van der Waals surface area contributed by atoms with Gasteiger partial charge in [-0.25, -0.2) is 9.37 Å². The maximum atomic E-state index is 12.5. The van der Waals surface area contributed by atoms with Crippen LogP contribution in [0.5, 0.6) is 0 Å². The predicted molar refractivity (Wildman–Crippen MR) is 53.6 cm³/mol. The van der Waals surface area contributed by atoms with Gasteiger partial charge in [0.15, 0.2) is 0 Å². The number of hydrogen-bond donors (Lipinski definition) is 2. The number of nitrogens with one attached hydrogen (secondary N) is 1. The molecule has 0 spiro atoms. The quantitative estimate of drug-likeness (QED) is 0.775. The Balaban J connectivity index is 2.35. The summed E-state index contributed by atoms with van der Waals surface area (Å²) in [5.41, 5.74) is -0.687. The van der Waals surface area contributed by atoms with Crippen LogP contribution < -0.4 is 5.32 Å². The Hall–Kier alpha value is -1.16. The molecule has 0 bridgehead atoms. The first-order chi connectivity index (χ1) is 6.47. The molecule has 4 heteroatoms. The molecule has 0 unspecified atom stereocenters. The number of halogens is 1. The van der Waals surface area contributed by atoms with Crippen LogP contribution in [0.25, 0.3) is 0 Å². The average Bonchev–Trinajstić information content (AvgIpc) is 2.06. The standard InChI is InChI=1S/C10H15FN2O/c1-10(2,14)5-6-12-9-4-3-8(11)7-13-9/h3-4,7,14H,5-6H2,1-2H3,(H,12,13). The smallest absolute Gasteiger partial charge is 0.141 e. The van der Waals surface area contributed by atoms with E-state index in [0.717, 1.165) is 6.20 Å². The lowest BCUT2D eigenvalue weighted by atomic mass is 10.1. The molecule has 1 aromatic rings. The van der Waals surface area contributed by atoms with Gasteiger partial charge < -0.3 is 10.4 Å². The van der Waals surface area contributed by atoms with Gasteiger partial charge in [-0.15, -0.1) is 0 Å². The largest absolute Gasteiger partial charge is 0.390 e. The molecule has 1 aromatic heterocycles. The minimum Gasteiger partial charge on any atom is -0.390 e. The molecule has 0 aliphatic rings. The van der Waals surface area contributed by atoms with Gasteiger partial charge in [-0.1, -0.05) is 0 Å². The van der Waals surface area contributed by atoms with Gasteiger partial charge in [0.25, 0.3) is 0 Å². The molecular formula is C10H15FN2O. The van der Waals surface area contributed by atoms with E-state index >= 15 is 0 Å². The minimum atomic E-state index is -0.687. The van der Waals surface area contributed by atoms with E-state index < -0.39 is 5.60 Å². The summed E-state index contributed by atoms with van der Waals surface area (Å²) >= 11 is 0. The van der Waals surface area contributed by atoms with E-state index in [1.807, 2.05) is 0 Å². The Morgan fingerprint density at radius 2 is 2.21 bits per heavy atom. The first kappa shape index (κ1) is 10.9. The Kier molecular flexibility index (Phi) is 3.41. The van der Waals surface area contributed by atoms with Crippen LogP contribution >= 0.6 is 0 Å². The first-order valence-corrected chi connectivity index (χ1v) is 4.55. The lowest BCUT2D eigenvalue weighted by molar-refractivity contribution is 0.0748. The molecule has 0 radical (unpaired) electrons. The van der Waals surface area contributed by atoms with Crippen molar-refractivity contribution >= 4 is 5.82 Å². The van der Waals surface area contributed by atoms with Crippen molar-refractivity contribution in [3.63, 3.8) is 0 Å².